The monoisotopic (exact) mass is 517 g/mol. The Morgan fingerprint density at radius 1 is 1.18 bits per heavy atom. The Labute approximate surface area is 223 Å². The highest BCUT2D eigenvalue weighted by Gasteiger charge is 2.34. The largest absolute Gasteiger partial charge is 0.478 e. The number of fused-ring (bicyclic) bond motifs is 1. The van der Waals surface area contributed by atoms with Crippen molar-refractivity contribution in [3.8, 4) is 17.0 Å². The third-order valence-corrected chi connectivity index (χ3v) is 7.09. The molecule has 3 aromatic rings. The molecule has 0 saturated heterocycles. The Kier molecular flexibility index (Phi) is 8.44. The number of hydrogen-bond acceptors (Lipinski definition) is 6. The van der Waals surface area contributed by atoms with Gasteiger partial charge in [-0.25, -0.2) is 9.78 Å². The summed E-state index contributed by atoms with van der Waals surface area (Å²) in [6.45, 7) is 7.03. The van der Waals surface area contributed by atoms with Crippen molar-refractivity contribution in [2.75, 3.05) is 26.7 Å². The van der Waals surface area contributed by atoms with Gasteiger partial charge in [-0.3, -0.25) is 9.69 Å². The number of hydrogen-bond donors (Lipinski definition) is 2. The third-order valence-electron chi connectivity index (χ3n) is 7.09. The number of aliphatic hydroxyl groups excluding tert-OH is 1. The van der Waals surface area contributed by atoms with Gasteiger partial charge in [-0.1, -0.05) is 55.0 Å². The van der Waals surface area contributed by atoms with Gasteiger partial charge in [0.2, 0.25) is 5.88 Å². The number of likely N-dealkylation sites (N-methyl/N-ethyl adjacent to an activating group) is 1. The molecule has 0 aliphatic carbocycles. The molecule has 0 spiro atoms. The summed E-state index contributed by atoms with van der Waals surface area (Å²) in [7, 11) is 1.92. The lowest BCUT2D eigenvalue weighted by atomic mass is 9.98. The molecule has 38 heavy (non-hydrogen) atoms. The molecule has 1 aliphatic heterocycles. The van der Waals surface area contributed by atoms with Crippen molar-refractivity contribution in [2.24, 2.45) is 5.92 Å². The number of aromatic carboxylic acids is 1. The molecular formula is C30H35N3O5. The molecule has 2 heterocycles. The van der Waals surface area contributed by atoms with Crippen molar-refractivity contribution < 1.29 is 24.5 Å². The lowest BCUT2D eigenvalue weighted by Crippen LogP contribution is -2.49. The topological polar surface area (TPSA) is 103 Å². The molecule has 1 aliphatic rings. The molecule has 2 N–H and O–H groups in total. The number of aromatic nitrogens is 1. The van der Waals surface area contributed by atoms with Crippen molar-refractivity contribution in [1.82, 2.24) is 14.8 Å². The van der Waals surface area contributed by atoms with Gasteiger partial charge in [-0.2, -0.15) is 0 Å². The Balaban J connectivity index is 1.65. The Morgan fingerprint density at radius 3 is 2.58 bits per heavy atom. The number of benzene rings is 2. The number of nitrogens with zero attached hydrogens (tertiary/aromatic N) is 3. The molecule has 0 bridgehead atoms. The second-order valence-electron chi connectivity index (χ2n) is 10.2. The van der Waals surface area contributed by atoms with Crippen LogP contribution in [0, 0.1) is 12.8 Å². The SMILES string of the molecule is Cc1ccc(-c2cnc3c(c2)C(=O)N([C@H](C)CO)C[C@H](C)[C@H](CN(C)Cc2ccccc2C(=O)O)O3)cc1. The van der Waals surface area contributed by atoms with Gasteiger partial charge in [0.15, 0.2) is 0 Å². The van der Waals surface area contributed by atoms with Crippen LogP contribution < -0.4 is 4.74 Å². The van der Waals surface area contributed by atoms with E-state index in [2.05, 4.69) is 4.98 Å². The van der Waals surface area contributed by atoms with Crippen molar-refractivity contribution in [3.05, 3.63) is 83.0 Å². The maximum Gasteiger partial charge on any atom is 0.336 e. The van der Waals surface area contributed by atoms with Gasteiger partial charge in [0.1, 0.15) is 11.7 Å². The van der Waals surface area contributed by atoms with E-state index in [1.54, 1.807) is 23.2 Å². The van der Waals surface area contributed by atoms with Gasteiger partial charge in [-0.15, -0.1) is 0 Å². The normalized spacial score (nSPS) is 18.4. The van der Waals surface area contributed by atoms with E-state index in [9.17, 15) is 19.8 Å². The van der Waals surface area contributed by atoms with Gasteiger partial charge >= 0.3 is 5.97 Å². The lowest BCUT2D eigenvalue weighted by molar-refractivity contribution is 0.0325. The summed E-state index contributed by atoms with van der Waals surface area (Å²) in [5.41, 5.74) is 4.25. The first kappa shape index (κ1) is 27.3. The van der Waals surface area contributed by atoms with Crippen LogP contribution in [0.25, 0.3) is 11.1 Å². The van der Waals surface area contributed by atoms with Crippen LogP contribution in [0.5, 0.6) is 5.88 Å². The molecule has 0 fully saturated rings. The Morgan fingerprint density at radius 2 is 1.89 bits per heavy atom. The fourth-order valence-electron chi connectivity index (χ4n) is 4.75. The molecule has 8 heteroatoms. The van der Waals surface area contributed by atoms with E-state index < -0.39 is 5.97 Å². The predicted molar refractivity (Wildman–Crippen MR) is 145 cm³/mol. The quantitative estimate of drug-likeness (QED) is 0.464. The third kappa shape index (κ3) is 6.03. The second-order valence-corrected chi connectivity index (χ2v) is 10.2. The standard InChI is InChI=1S/C30H35N3O5/c1-19-9-11-22(12-10-19)24-13-26-28(31-14-24)38-27(20(2)15-33(29(26)35)21(3)18-34)17-32(4)16-23-7-5-6-8-25(23)30(36)37/h5-14,20-21,27,34H,15-18H2,1-4H3,(H,36,37)/t20-,21+,27-/m0/s1. The predicted octanol–water partition coefficient (Wildman–Crippen LogP) is 4.11. The molecule has 200 valence electrons. The van der Waals surface area contributed by atoms with Crippen molar-refractivity contribution in [2.45, 2.75) is 39.5 Å². The molecular weight excluding hydrogens is 482 g/mol. The molecule has 1 amide bonds. The first-order valence-corrected chi connectivity index (χ1v) is 12.8. The summed E-state index contributed by atoms with van der Waals surface area (Å²) in [4.78, 5) is 33.6. The summed E-state index contributed by atoms with van der Waals surface area (Å²) < 4.78 is 6.40. The van der Waals surface area contributed by atoms with Crippen molar-refractivity contribution in [3.63, 3.8) is 0 Å². The van der Waals surface area contributed by atoms with E-state index in [0.717, 1.165) is 16.7 Å². The first-order valence-electron chi connectivity index (χ1n) is 12.8. The van der Waals surface area contributed by atoms with Crippen LogP contribution in [0.1, 0.15) is 45.7 Å². The van der Waals surface area contributed by atoms with Crippen LogP contribution in [-0.4, -0.2) is 75.8 Å². The second kappa shape index (κ2) is 11.8. The Bertz CT molecular complexity index is 1290. The van der Waals surface area contributed by atoms with E-state index in [4.69, 9.17) is 4.74 Å². The lowest BCUT2D eigenvalue weighted by Gasteiger charge is -2.37. The summed E-state index contributed by atoms with van der Waals surface area (Å²) in [5.74, 6) is -0.995. The summed E-state index contributed by atoms with van der Waals surface area (Å²) >= 11 is 0. The summed E-state index contributed by atoms with van der Waals surface area (Å²) in [6, 6.07) is 16.4. The number of amides is 1. The zero-order chi connectivity index (χ0) is 27.4. The van der Waals surface area contributed by atoms with Gasteiger partial charge in [0, 0.05) is 37.3 Å². The van der Waals surface area contributed by atoms with E-state index >= 15 is 0 Å². The Hall–Kier alpha value is -3.75. The smallest absolute Gasteiger partial charge is 0.336 e. The van der Waals surface area contributed by atoms with Gasteiger partial charge in [-0.05, 0) is 44.2 Å². The van der Waals surface area contributed by atoms with Crippen molar-refractivity contribution >= 4 is 11.9 Å². The molecule has 0 saturated carbocycles. The number of aryl methyl sites for hydroxylation is 1. The fraction of sp³-hybridized carbons (Fsp3) is 0.367. The van der Waals surface area contributed by atoms with Crippen molar-refractivity contribution in [1.29, 1.82) is 0 Å². The number of carboxylic acid groups (broad SMARTS) is 1. The minimum absolute atomic E-state index is 0.0724. The van der Waals surface area contributed by atoms with E-state index in [1.165, 1.54) is 0 Å². The minimum Gasteiger partial charge on any atom is -0.478 e. The average Bonchev–Trinajstić information content (AvgIpc) is 2.90. The van der Waals surface area contributed by atoms with Gasteiger partial charge < -0.3 is 19.8 Å². The van der Waals surface area contributed by atoms with E-state index in [0.29, 0.717) is 30.8 Å². The average molecular weight is 518 g/mol. The molecule has 0 radical (unpaired) electrons. The number of carbonyl (C=O) groups excluding carboxylic acids is 1. The summed E-state index contributed by atoms with van der Waals surface area (Å²) in [6.07, 6.45) is 1.39. The number of carbonyl (C=O) groups is 2. The number of pyridine rings is 1. The molecule has 2 aromatic carbocycles. The number of aliphatic hydroxyl groups is 1. The van der Waals surface area contributed by atoms with Crippen LogP contribution in [-0.2, 0) is 6.54 Å². The molecule has 0 unspecified atom stereocenters. The fourth-order valence-corrected chi connectivity index (χ4v) is 4.75. The highest BCUT2D eigenvalue weighted by molar-refractivity contribution is 5.98. The van der Waals surface area contributed by atoms with Crippen LogP contribution >= 0.6 is 0 Å². The zero-order valence-electron chi connectivity index (χ0n) is 22.3. The molecule has 3 atom stereocenters. The highest BCUT2D eigenvalue weighted by atomic mass is 16.5. The van der Waals surface area contributed by atoms with E-state index in [1.807, 2.05) is 75.2 Å². The maximum atomic E-state index is 13.7. The maximum absolute atomic E-state index is 13.7. The number of carboxylic acids is 1. The minimum atomic E-state index is -0.959. The molecule has 1 aromatic heterocycles. The van der Waals surface area contributed by atoms with Crippen LogP contribution in [0.4, 0.5) is 0 Å². The van der Waals surface area contributed by atoms with Crippen LogP contribution in [0.2, 0.25) is 0 Å². The zero-order valence-corrected chi connectivity index (χ0v) is 22.3. The summed E-state index contributed by atoms with van der Waals surface area (Å²) in [5, 5.41) is 19.5. The first-order chi connectivity index (χ1) is 18.2. The highest BCUT2D eigenvalue weighted by Crippen LogP contribution is 2.30. The number of ether oxygens (including phenoxy) is 1. The van der Waals surface area contributed by atoms with Crippen LogP contribution in [0.3, 0.4) is 0 Å². The van der Waals surface area contributed by atoms with Gasteiger partial charge in [0.05, 0.1) is 18.2 Å². The van der Waals surface area contributed by atoms with Crippen LogP contribution in [0.15, 0.2) is 60.8 Å². The van der Waals surface area contributed by atoms with Gasteiger partial charge in [0.25, 0.3) is 5.91 Å². The number of rotatable bonds is 8. The van der Waals surface area contributed by atoms with E-state index in [-0.39, 0.29) is 42.0 Å². The molecule has 4 rings (SSSR count). The molecule has 8 nitrogen and oxygen atoms in total.